The standard InChI is InChI=1S/C13H15NO2/c1-3-7-10(4-2)14-12-9-6-5-8-11(12)13(15)16/h5-6,8-10,14H,4H2,1-2H3,(H,15,16). The van der Waals surface area contributed by atoms with Crippen molar-refractivity contribution in [1.29, 1.82) is 0 Å². The van der Waals surface area contributed by atoms with Gasteiger partial charge in [-0.05, 0) is 25.5 Å². The van der Waals surface area contributed by atoms with Gasteiger partial charge in [0, 0.05) is 5.69 Å². The van der Waals surface area contributed by atoms with Crippen LogP contribution in [0.1, 0.15) is 30.6 Å². The molecule has 0 radical (unpaired) electrons. The Morgan fingerprint density at radius 1 is 1.50 bits per heavy atom. The molecule has 0 saturated carbocycles. The Bertz CT molecular complexity index is 429. The first-order chi connectivity index (χ1) is 7.69. The molecule has 1 aromatic rings. The van der Waals surface area contributed by atoms with Crippen LogP contribution in [0, 0.1) is 11.8 Å². The lowest BCUT2D eigenvalue weighted by Crippen LogP contribution is -2.18. The average molecular weight is 217 g/mol. The number of rotatable bonds is 4. The van der Waals surface area contributed by atoms with E-state index in [2.05, 4.69) is 17.2 Å². The Morgan fingerprint density at radius 2 is 2.19 bits per heavy atom. The van der Waals surface area contributed by atoms with Crippen LogP contribution < -0.4 is 5.32 Å². The summed E-state index contributed by atoms with van der Waals surface area (Å²) in [4.78, 5) is 11.0. The zero-order valence-electron chi connectivity index (χ0n) is 9.45. The van der Waals surface area contributed by atoms with Crippen molar-refractivity contribution in [2.24, 2.45) is 0 Å². The highest BCUT2D eigenvalue weighted by molar-refractivity contribution is 5.94. The van der Waals surface area contributed by atoms with Gasteiger partial charge in [-0.1, -0.05) is 25.0 Å². The van der Waals surface area contributed by atoms with E-state index in [0.29, 0.717) is 5.69 Å². The van der Waals surface area contributed by atoms with Crippen LogP contribution in [-0.2, 0) is 0 Å². The molecule has 0 aliphatic heterocycles. The van der Waals surface area contributed by atoms with Crippen LogP contribution in [0.25, 0.3) is 0 Å². The summed E-state index contributed by atoms with van der Waals surface area (Å²) in [7, 11) is 0. The van der Waals surface area contributed by atoms with Crippen molar-refractivity contribution in [2.45, 2.75) is 26.3 Å². The molecule has 0 saturated heterocycles. The molecule has 1 rings (SSSR count). The van der Waals surface area contributed by atoms with Crippen LogP contribution >= 0.6 is 0 Å². The van der Waals surface area contributed by atoms with Crippen LogP contribution in [-0.4, -0.2) is 17.1 Å². The molecule has 2 N–H and O–H groups in total. The molecule has 16 heavy (non-hydrogen) atoms. The second-order valence-corrected chi connectivity index (χ2v) is 3.35. The highest BCUT2D eigenvalue weighted by Crippen LogP contribution is 2.16. The predicted octanol–water partition coefficient (Wildman–Crippen LogP) is 2.60. The fraction of sp³-hybridized carbons (Fsp3) is 0.308. The third kappa shape index (κ3) is 3.03. The van der Waals surface area contributed by atoms with Crippen molar-refractivity contribution in [2.75, 3.05) is 5.32 Å². The number of nitrogens with one attached hydrogen (secondary N) is 1. The van der Waals surface area contributed by atoms with Crippen molar-refractivity contribution in [3.63, 3.8) is 0 Å². The molecule has 84 valence electrons. The SMILES string of the molecule is CC#CC(CC)Nc1ccccc1C(=O)O. The summed E-state index contributed by atoms with van der Waals surface area (Å²) in [6.07, 6.45) is 0.828. The van der Waals surface area contributed by atoms with Gasteiger partial charge in [-0.2, -0.15) is 0 Å². The number of carbonyl (C=O) groups is 1. The minimum atomic E-state index is -0.928. The second kappa shape index (κ2) is 5.82. The summed E-state index contributed by atoms with van der Waals surface area (Å²) >= 11 is 0. The van der Waals surface area contributed by atoms with Crippen LogP contribution in [0.5, 0.6) is 0 Å². The van der Waals surface area contributed by atoms with E-state index in [4.69, 9.17) is 5.11 Å². The Hall–Kier alpha value is -1.95. The van der Waals surface area contributed by atoms with Crippen molar-refractivity contribution in [1.82, 2.24) is 0 Å². The number of benzene rings is 1. The van der Waals surface area contributed by atoms with Gasteiger partial charge in [0.2, 0.25) is 0 Å². The lowest BCUT2D eigenvalue weighted by Gasteiger charge is -2.14. The Balaban J connectivity index is 2.94. The van der Waals surface area contributed by atoms with Crippen molar-refractivity contribution in [3.05, 3.63) is 29.8 Å². The maximum atomic E-state index is 11.0. The fourth-order valence-electron chi connectivity index (χ4n) is 1.40. The summed E-state index contributed by atoms with van der Waals surface area (Å²) in [5.41, 5.74) is 0.892. The number of anilines is 1. The monoisotopic (exact) mass is 217 g/mol. The van der Waals surface area contributed by atoms with Gasteiger partial charge in [-0.3, -0.25) is 0 Å². The molecule has 0 amide bonds. The quantitative estimate of drug-likeness (QED) is 0.762. The molecular weight excluding hydrogens is 202 g/mol. The largest absolute Gasteiger partial charge is 0.478 e. The second-order valence-electron chi connectivity index (χ2n) is 3.35. The number of para-hydroxylation sites is 1. The molecule has 1 unspecified atom stereocenters. The van der Waals surface area contributed by atoms with Gasteiger partial charge in [0.15, 0.2) is 0 Å². The molecule has 0 heterocycles. The molecule has 1 aromatic carbocycles. The van der Waals surface area contributed by atoms with Gasteiger partial charge in [0.1, 0.15) is 0 Å². The molecule has 0 aliphatic rings. The highest BCUT2D eigenvalue weighted by Gasteiger charge is 2.10. The van der Waals surface area contributed by atoms with Gasteiger partial charge in [-0.25, -0.2) is 4.79 Å². The van der Waals surface area contributed by atoms with Gasteiger partial charge in [0.05, 0.1) is 11.6 Å². The number of hydrogen-bond donors (Lipinski definition) is 2. The minimum absolute atomic E-state index is 0.00880. The molecule has 1 atom stereocenters. The Kier molecular flexibility index (Phi) is 4.41. The molecule has 0 aliphatic carbocycles. The smallest absolute Gasteiger partial charge is 0.337 e. The summed E-state index contributed by atoms with van der Waals surface area (Å²) in [6, 6.07) is 6.84. The van der Waals surface area contributed by atoms with E-state index in [0.717, 1.165) is 6.42 Å². The molecular formula is C13H15NO2. The first-order valence-corrected chi connectivity index (χ1v) is 5.20. The van der Waals surface area contributed by atoms with Crippen molar-refractivity contribution >= 4 is 11.7 Å². The lowest BCUT2D eigenvalue weighted by molar-refractivity contribution is 0.0698. The zero-order chi connectivity index (χ0) is 12.0. The number of carboxylic acid groups (broad SMARTS) is 1. The Morgan fingerprint density at radius 3 is 2.75 bits per heavy atom. The molecule has 0 bridgehead atoms. The number of hydrogen-bond acceptors (Lipinski definition) is 2. The molecule has 0 spiro atoms. The summed E-state index contributed by atoms with van der Waals surface area (Å²) in [6.45, 7) is 3.78. The van der Waals surface area contributed by atoms with E-state index < -0.39 is 5.97 Å². The topological polar surface area (TPSA) is 49.3 Å². The van der Waals surface area contributed by atoms with Crippen LogP contribution in [0.3, 0.4) is 0 Å². The minimum Gasteiger partial charge on any atom is -0.478 e. The van der Waals surface area contributed by atoms with Crippen molar-refractivity contribution < 1.29 is 9.90 Å². The van der Waals surface area contributed by atoms with E-state index in [-0.39, 0.29) is 11.6 Å². The number of carboxylic acids is 1. The van der Waals surface area contributed by atoms with Gasteiger partial charge < -0.3 is 10.4 Å². The lowest BCUT2D eigenvalue weighted by atomic mass is 10.1. The summed E-state index contributed by atoms with van der Waals surface area (Å²) in [5, 5.41) is 12.1. The molecule has 3 heteroatoms. The van der Waals surface area contributed by atoms with Gasteiger partial charge in [0.25, 0.3) is 0 Å². The normalized spacial score (nSPS) is 11.1. The molecule has 0 fully saturated rings. The van der Waals surface area contributed by atoms with Crippen molar-refractivity contribution in [3.8, 4) is 11.8 Å². The average Bonchev–Trinajstić information content (AvgIpc) is 2.29. The maximum Gasteiger partial charge on any atom is 0.337 e. The van der Waals surface area contributed by atoms with E-state index in [9.17, 15) is 4.79 Å². The first-order valence-electron chi connectivity index (χ1n) is 5.20. The molecule has 3 nitrogen and oxygen atoms in total. The maximum absolute atomic E-state index is 11.0. The van der Waals surface area contributed by atoms with Crippen LogP contribution in [0.2, 0.25) is 0 Å². The number of aromatic carboxylic acids is 1. The molecule has 0 aromatic heterocycles. The predicted molar refractivity (Wildman–Crippen MR) is 64.6 cm³/mol. The van der Waals surface area contributed by atoms with Crippen LogP contribution in [0.15, 0.2) is 24.3 Å². The van der Waals surface area contributed by atoms with E-state index in [1.54, 1.807) is 31.2 Å². The summed E-state index contributed by atoms with van der Waals surface area (Å²) in [5.74, 6) is 4.89. The Labute approximate surface area is 95.5 Å². The van der Waals surface area contributed by atoms with E-state index >= 15 is 0 Å². The van der Waals surface area contributed by atoms with Gasteiger partial charge in [-0.15, -0.1) is 5.92 Å². The third-order valence-electron chi connectivity index (χ3n) is 2.21. The van der Waals surface area contributed by atoms with Crippen LogP contribution in [0.4, 0.5) is 5.69 Å². The van der Waals surface area contributed by atoms with E-state index in [1.807, 2.05) is 6.92 Å². The summed E-state index contributed by atoms with van der Waals surface area (Å²) < 4.78 is 0. The first kappa shape index (κ1) is 12.1. The highest BCUT2D eigenvalue weighted by atomic mass is 16.4. The van der Waals surface area contributed by atoms with E-state index in [1.165, 1.54) is 0 Å². The van der Waals surface area contributed by atoms with Gasteiger partial charge >= 0.3 is 5.97 Å². The zero-order valence-corrected chi connectivity index (χ0v) is 9.45. The third-order valence-corrected chi connectivity index (χ3v) is 2.21. The fourth-order valence-corrected chi connectivity index (χ4v) is 1.40.